The van der Waals surface area contributed by atoms with Crippen LogP contribution in [-0.2, 0) is 14.8 Å². The van der Waals surface area contributed by atoms with Crippen LogP contribution in [0.5, 0.6) is 5.75 Å². The molecule has 1 saturated heterocycles. The van der Waals surface area contributed by atoms with Crippen LogP contribution in [-0.4, -0.2) is 67.6 Å². The highest BCUT2D eigenvalue weighted by Crippen LogP contribution is 2.32. The molecular weight excluding hydrogens is 482 g/mol. The lowest BCUT2D eigenvalue weighted by atomic mass is 10.2. The summed E-state index contributed by atoms with van der Waals surface area (Å²) in [5, 5.41) is 16.6. The van der Waals surface area contributed by atoms with E-state index in [4.69, 9.17) is 9.47 Å². The average Bonchev–Trinajstić information content (AvgIpc) is 3.32. The molecule has 3 N–H and O–H groups in total. The van der Waals surface area contributed by atoms with Gasteiger partial charge in [-0.2, -0.15) is 19.5 Å². The predicted molar refractivity (Wildman–Crippen MR) is 137 cm³/mol. The Morgan fingerprint density at radius 1 is 1.22 bits per heavy atom. The number of morpholine rings is 1. The van der Waals surface area contributed by atoms with Gasteiger partial charge in [-0.25, -0.2) is 8.42 Å². The standard InChI is InChI=1S/C24H31N7O4S/c1-3-4-5-6-9-26-22-21-17(15-25)16-27-23(21)30-24(29-22)28-19-8-7-18(14-20(19)34-2)36(32,33)31-10-12-35-13-11-31/h7-8,14,16H,3-6,9-13H2,1-2H3,(H3,26,27,28,29,30). The largest absolute Gasteiger partial charge is 0.495 e. The van der Waals surface area contributed by atoms with Crippen molar-refractivity contribution in [3.63, 3.8) is 0 Å². The molecule has 11 nitrogen and oxygen atoms in total. The quantitative estimate of drug-likeness (QED) is 0.327. The van der Waals surface area contributed by atoms with Crippen LogP contribution in [0, 0.1) is 11.3 Å². The Balaban J connectivity index is 1.60. The van der Waals surface area contributed by atoms with Gasteiger partial charge in [0.1, 0.15) is 23.3 Å². The van der Waals surface area contributed by atoms with E-state index in [-0.39, 0.29) is 10.8 Å². The molecule has 12 heteroatoms. The molecule has 0 bridgehead atoms. The first-order valence-electron chi connectivity index (χ1n) is 12.0. The van der Waals surface area contributed by atoms with Gasteiger partial charge in [0.05, 0.1) is 41.9 Å². The minimum Gasteiger partial charge on any atom is -0.495 e. The topological polar surface area (TPSA) is 145 Å². The van der Waals surface area contributed by atoms with E-state index in [1.165, 1.54) is 23.5 Å². The van der Waals surface area contributed by atoms with Gasteiger partial charge < -0.3 is 25.1 Å². The van der Waals surface area contributed by atoms with Crippen molar-refractivity contribution in [1.29, 1.82) is 5.26 Å². The summed E-state index contributed by atoms with van der Waals surface area (Å²) in [6, 6.07) is 6.83. The molecule has 0 unspecified atom stereocenters. The van der Waals surface area contributed by atoms with Crippen molar-refractivity contribution in [3.8, 4) is 11.8 Å². The summed E-state index contributed by atoms with van der Waals surface area (Å²) < 4.78 is 38.3. The second kappa shape index (κ2) is 11.6. The maximum absolute atomic E-state index is 13.0. The average molecular weight is 514 g/mol. The Bertz CT molecular complexity index is 1340. The highest BCUT2D eigenvalue weighted by Gasteiger charge is 2.27. The number of H-pyrrole nitrogens is 1. The number of anilines is 3. The number of aromatic nitrogens is 3. The molecule has 3 aromatic rings. The molecule has 0 radical (unpaired) electrons. The van der Waals surface area contributed by atoms with Crippen LogP contribution in [0.2, 0.25) is 0 Å². The first-order chi connectivity index (χ1) is 17.5. The van der Waals surface area contributed by atoms with Gasteiger partial charge in [0.2, 0.25) is 16.0 Å². The van der Waals surface area contributed by atoms with Gasteiger partial charge in [0, 0.05) is 31.9 Å². The molecule has 0 atom stereocenters. The van der Waals surface area contributed by atoms with Gasteiger partial charge in [-0.05, 0) is 18.6 Å². The van der Waals surface area contributed by atoms with E-state index >= 15 is 0 Å². The summed E-state index contributed by atoms with van der Waals surface area (Å²) in [4.78, 5) is 12.3. The summed E-state index contributed by atoms with van der Waals surface area (Å²) in [7, 11) is -2.19. The number of fused-ring (bicyclic) bond motifs is 1. The molecule has 1 aliphatic rings. The zero-order valence-electron chi connectivity index (χ0n) is 20.5. The molecule has 1 fully saturated rings. The number of rotatable bonds is 11. The third kappa shape index (κ3) is 5.53. The van der Waals surface area contributed by atoms with Crippen molar-refractivity contribution in [2.24, 2.45) is 0 Å². The fourth-order valence-electron chi connectivity index (χ4n) is 4.06. The Kier molecular flexibility index (Phi) is 8.25. The van der Waals surface area contributed by atoms with Crippen LogP contribution in [0.25, 0.3) is 11.0 Å². The van der Waals surface area contributed by atoms with Gasteiger partial charge in [0.15, 0.2) is 0 Å². The molecule has 0 amide bonds. The smallest absolute Gasteiger partial charge is 0.243 e. The van der Waals surface area contributed by atoms with E-state index in [0.717, 1.165) is 32.2 Å². The van der Waals surface area contributed by atoms with Crippen LogP contribution >= 0.6 is 0 Å². The summed E-state index contributed by atoms with van der Waals surface area (Å²) in [6.07, 6.45) is 6.02. The third-order valence-electron chi connectivity index (χ3n) is 6.00. The second-order valence-electron chi connectivity index (χ2n) is 8.42. The molecule has 2 aromatic heterocycles. The number of nitrogens with zero attached hydrogens (tertiary/aromatic N) is 4. The zero-order chi connectivity index (χ0) is 25.5. The van der Waals surface area contributed by atoms with Gasteiger partial charge in [-0.15, -0.1) is 0 Å². The lowest BCUT2D eigenvalue weighted by Gasteiger charge is -2.26. The number of nitriles is 1. The van der Waals surface area contributed by atoms with Crippen LogP contribution in [0.3, 0.4) is 0 Å². The lowest BCUT2D eigenvalue weighted by Crippen LogP contribution is -2.40. The van der Waals surface area contributed by atoms with Gasteiger partial charge in [-0.1, -0.05) is 26.2 Å². The van der Waals surface area contributed by atoms with E-state index in [2.05, 4.69) is 38.6 Å². The highest BCUT2D eigenvalue weighted by molar-refractivity contribution is 7.89. The van der Waals surface area contributed by atoms with Crippen molar-refractivity contribution in [3.05, 3.63) is 30.0 Å². The first kappa shape index (κ1) is 25.7. The number of benzene rings is 1. The predicted octanol–water partition coefficient (Wildman–Crippen LogP) is 3.59. The van der Waals surface area contributed by atoms with Crippen LogP contribution in [0.1, 0.15) is 38.2 Å². The minimum absolute atomic E-state index is 0.139. The van der Waals surface area contributed by atoms with E-state index < -0.39 is 10.0 Å². The van der Waals surface area contributed by atoms with E-state index in [9.17, 15) is 13.7 Å². The van der Waals surface area contributed by atoms with E-state index in [1.807, 2.05) is 0 Å². The number of aromatic amines is 1. The zero-order valence-corrected chi connectivity index (χ0v) is 21.3. The summed E-state index contributed by atoms with van der Waals surface area (Å²) in [5.41, 5.74) is 1.49. The number of hydrogen-bond donors (Lipinski definition) is 3. The number of sulfonamides is 1. The molecule has 4 rings (SSSR count). The molecular formula is C24H31N7O4S. The van der Waals surface area contributed by atoms with Crippen molar-refractivity contribution < 1.29 is 17.9 Å². The SMILES string of the molecule is CCCCCCNc1nc(Nc2ccc(S(=O)(=O)N3CCOCC3)cc2OC)nc2[nH]cc(C#N)c12. The first-order valence-corrected chi connectivity index (χ1v) is 13.5. The Morgan fingerprint density at radius 3 is 2.75 bits per heavy atom. The number of unbranched alkanes of at least 4 members (excludes halogenated alkanes) is 3. The van der Waals surface area contributed by atoms with Crippen LogP contribution in [0.4, 0.5) is 17.5 Å². The Hall–Kier alpha value is -3.40. The summed E-state index contributed by atoms with van der Waals surface area (Å²) in [5.74, 6) is 1.18. The van der Waals surface area contributed by atoms with Crippen molar-refractivity contribution >= 4 is 38.5 Å². The van der Waals surface area contributed by atoms with Crippen LogP contribution < -0.4 is 15.4 Å². The normalized spacial score (nSPS) is 14.5. The number of hydrogen-bond acceptors (Lipinski definition) is 9. The van der Waals surface area contributed by atoms with Crippen molar-refractivity contribution in [2.45, 2.75) is 37.5 Å². The van der Waals surface area contributed by atoms with E-state index in [0.29, 0.717) is 60.2 Å². The summed E-state index contributed by atoms with van der Waals surface area (Å²) in [6.45, 7) is 4.26. The molecule has 36 heavy (non-hydrogen) atoms. The van der Waals surface area contributed by atoms with Gasteiger partial charge in [-0.3, -0.25) is 0 Å². The van der Waals surface area contributed by atoms with E-state index in [1.54, 1.807) is 12.3 Å². The molecule has 1 aromatic carbocycles. The Labute approximate surface area is 210 Å². The Morgan fingerprint density at radius 2 is 2.03 bits per heavy atom. The number of nitrogens with one attached hydrogen (secondary N) is 3. The lowest BCUT2D eigenvalue weighted by molar-refractivity contribution is 0.0730. The molecule has 192 valence electrons. The van der Waals surface area contributed by atoms with Crippen molar-refractivity contribution in [2.75, 3.05) is 50.6 Å². The highest BCUT2D eigenvalue weighted by atomic mass is 32.2. The maximum atomic E-state index is 13.0. The van der Waals surface area contributed by atoms with Gasteiger partial charge in [0.25, 0.3) is 0 Å². The number of methoxy groups -OCH3 is 1. The second-order valence-corrected chi connectivity index (χ2v) is 10.4. The molecule has 3 heterocycles. The number of ether oxygens (including phenoxy) is 2. The fourth-order valence-corrected chi connectivity index (χ4v) is 5.48. The van der Waals surface area contributed by atoms with Crippen LogP contribution in [0.15, 0.2) is 29.3 Å². The monoisotopic (exact) mass is 513 g/mol. The maximum Gasteiger partial charge on any atom is 0.243 e. The molecule has 0 aliphatic carbocycles. The molecule has 0 saturated carbocycles. The molecule has 0 spiro atoms. The minimum atomic E-state index is -3.67. The van der Waals surface area contributed by atoms with Crippen molar-refractivity contribution in [1.82, 2.24) is 19.3 Å². The summed E-state index contributed by atoms with van der Waals surface area (Å²) >= 11 is 0. The fraction of sp³-hybridized carbons (Fsp3) is 0.458. The third-order valence-corrected chi connectivity index (χ3v) is 7.90. The van der Waals surface area contributed by atoms with Gasteiger partial charge >= 0.3 is 0 Å². The molecule has 1 aliphatic heterocycles.